The van der Waals surface area contributed by atoms with Crippen LogP contribution in [0.1, 0.15) is 103 Å². The maximum Gasteiger partial charge on any atom is 0.114 e. The van der Waals surface area contributed by atoms with E-state index in [1.165, 1.54) is 77.0 Å². The molecule has 0 amide bonds. The molecule has 0 saturated carbocycles. The lowest BCUT2D eigenvalue weighted by atomic mass is 10.0. The van der Waals surface area contributed by atoms with Crippen LogP contribution in [0.15, 0.2) is 12.2 Å². The minimum Gasteiger partial charge on any atom is -0.394 e. The number of rotatable bonds is 20. The average molecular weight is 429 g/mol. The third-order valence-corrected chi connectivity index (χ3v) is 5.95. The molecule has 0 aromatic heterocycles. The molecule has 5 nitrogen and oxygen atoms in total. The van der Waals surface area contributed by atoms with Gasteiger partial charge in [0.15, 0.2) is 0 Å². The summed E-state index contributed by atoms with van der Waals surface area (Å²) in [5.41, 5.74) is 0. The maximum absolute atomic E-state index is 9.89. The number of hydrogen-bond donors (Lipinski definition) is 3. The monoisotopic (exact) mass is 428 g/mol. The zero-order valence-corrected chi connectivity index (χ0v) is 19.4. The van der Waals surface area contributed by atoms with Crippen LogP contribution in [0.2, 0.25) is 0 Å². The van der Waals surface area contributed by atoms with Gasteiger partial charge in [-0.05, 0) is 25.7 Å². The molecule has 0 aromatic carbocycles. The molecular weight excluding hydrogens is 380 g/mol. The summed E-state index contributed by atoms with van der Waals surface area (Å²) in [5, 5.41) is 28.7. The topological polar surface area (TPSA) is 79.2 Å². The second-order valence-electron chi connectivity index (χ2n) is 8.74. The molecule has 0 aliphatic carbocycles. The molecule has 1 saturated heterocycles. The van der Waals surface area contributed by atoms with Crippen LogP contribution in [-0.2, 0) is 9.47 Å². The summed E-state index contributed by atoms with van der Waals surface area (Å²) in [6.45, 7) is 2.54. The minimum atomic E-state index is -1.01. The van der Waals surface area contributed by atoms with Gasteiger partial charge in [-0.15, -0.1) is 0 Å². The quantitative estimate of drug-likeness (QED) is 0.190. The fraction of sp³-hybridized carbons (Fsp3) is 0.920. The molecule has 3 N–H and O–H groups in total. The van der Waals surface area contributed by atoms with E-state index in [9.17, 15) is 10.2 Å². The smallest absolute Gasteiger partial charge is 0.114 e. The van der Waals surface area contributed by atoms with Crippen LogP contribution in [-0.4, -0.2) is 59.6 Å². The van der Waals surface area contributed by atoms with Crippen molar-refractivity contribution in [3.8, 4) is 0 Å². The van der Waals surface area contributed by atoms with E-state index in [1.807, 2.05) is 0 Å². The van der Waals surface area contributed by atoms with Gasteiger partial charge >= 0.3 is 0 Å². The van der Waals surface area contributed by atoms with E-state index in [0.717, 1.165) is 19.3 Å². The van der Waals surface area contributed by atoms with Gasteiger partial charge in [-0.1, -0.05) is 89.7 Å². The molecule has 178 valence electrons. The zero-order chi connectivity index (χ0) is 21.9. The van der Waals surface area contributed by atoms with E-state index in [2.05, 4.69) is 19.1 Å². The van der Waals surface area contributed by atoms with Crippen LogP contribution in [0.4, 0.5) is 0 Å². The number of aliphatic hydroxyl groups is 3. The first kappa shape index (κ1) is 27.6. The van der Waals surface area contributed by atoms with Crippen molar-refractivity contribution in [2.45, 2.75) is 128 Å². The molecule has 1 aliphatic rings. The van der Waals surface area contributed by atoms with Gasteiger partial charge in [0.25, 0.3) is 0 Å². The number of allylic oxidation sites excluding steroid dienone is 2. The molecular formula is C25H48O5. The van der Waals surface area contributed by atoms with Crippen LogP contribution in [0, 0.1) is 0 Å². The lowest BCUT2D eigenvalue weighted by molar-refractivity contribution is -0.0935. The Morgan fingerprint density at radius 2 is 1.40 bits per heavy atom. The summed E-state index contributed by atoms with van der Waals surface area (Å²) >= 11 is 0. The molecule has 30 heavy (non-hydrogen) atoms. The Morgan fingerprint density at radius 3 is 1.97 bits per heavy atom. The number of ether oxygens (including phenoxy) is 2. The Morgan fingerprint density at radius 1 is 0.867 bits per heavy atom. The normalized spacial score (nSPS) is 22.9. The molecule has 0 spiro atoms. The summed E-state index contributed by atoms with van der Waals surface area (Å²) in [5.74, 6) is 0. The van der Waals surface area contributed by atoms with Crippen molar-refractivity contribution >= 4 is 0 Å². The maximum atomic E-state index is 9.89. The SMILES string of the molecule is CCCCCCCCCCCCCC/C=C/CCCO[C@H]1[C@@H]([C@@H](O)CO)OC[C@H]1O. The highest BCUT2D eigenvalue weighted by atomic mass is 16.6. The molecule has 0 bridgehead atoms. The fourth-order valence-corrected chi connectivity index (χ4v) is 4.02. The third-order valence-electron chi connectivity index (χ3n) is 5.95. The van der Waals surface area contributed by atoms with E-state index < -0.39 is 24.4 Å². The molecule has 1 rings (SSSR count). The Balaban J connectivity index is 1.86. The second-order valence-corrected chi connectivity index (χ2v) is 8.74. The van der Waals surface area contributed by atoms with Crippen LogP contribution in [0.5, 0.6) is 0 Å². The highest BCUT2D eigenvalue weighted by Gasteiger charge is 2.40. The molecule has 4 atom stereocenters. The van der Waals surface area contributed by atoms with Crippen molar-refractivity contribution < 1.29 is 24.8 Å². The third kappa shape index (κ3) is 13.1. The van der Waals surface area contributed by atoms with Gasteiger partial charge in [-0.25, -0.2) is 0 Å². The lowest BCUT2D eigenvalue weighted by Crippen LogP contribution is -2.42. The molecule has 0 radical (unpaired) electrons. The van der Waals surface area contributed by atoms with Crippen molar-refractivity contribution in [1.29, 1.82) is 0 Å². The number of unbranched alkanes of at least 4 members (excludes halogenated alkanes) is 13. The molecule has 1 aliphatic heterocycles. The number of hydrogen-bond acceptors (Lipinski definition) is 5. The van der Waals surface area contributed by atoms with Gasteiger partial charge < -0.3 is 24.8 Å². The Kier molecular flexibility index (Phi) is 17.7. The van der Waals surface area contributed by atoms with Crippen LogP contribution in [0.25, 0.3) is 0 Å². The van der Waals surface area contributed by atoms with Crippen LogP contribution < -0.4 is 0 Å². The summed E-state index contributed by atoms with van der Waals surface area (Å²) in [6.07, 6.45) is 21.1. The van der Waals surface area contributed by atoms with Gasteiger partial charge in [0, 0.05) is 6.61 Å². The molecule has 1 heterocycles. The average Bonchev–Trinajstić information content (AvgIpc) is 3.12. The van der Waals surface area contributed by atoms with Crippen molar-refractivity contribution in [2.24, 2.45) is 0 Å². The van der Waals surface area contributed by atoms with Gasteiger partial charge in [0.05, 0.1) is 13.2 Å². The first-order chi connectivity index (χ1) is 14.7. The molecule has 0 aromatic rings. The largest absolute Gasteiger partial charge is 0.394 e. The van der Waals surface area contributed by atoms with Crippen molar-refractivity contribution in [2.75, 3.05) is 19.8 Å². The lowest BCUT2D eigenvalue weighted by Gasteiger charge is -2.23. The van der Waals surface area contributed by atoms with Crippen LogP contribution >= 0.6 is 0 Å². The summed E-state index contributed by atoms with van der Waals surface area (Å²) in [4.78, 5) is 0. The Bertz CT molecular complexity index is 401. The zero-order valence-electron chi connectivity index (χ0n) is 19.4. The van der Waals surface area contributed by atoms with Crippen LogP contribution in [0.3, 0.4) is 0 Å². The highest BCUT2D eigenvalue weighted by Crippen LogP contribution is 2.21. The standard InChI is InChI=1S/C25H48O5/c1-2-3-4-5-6-7-8-9-10-11-12-13-14-15-16-17-18-19-29-25-23(28)21-30-24(25)22(27)20-26/h15-16,22-28H,2-14,17-21H2,1H3/b16-15+/t22-,23+,24+,25+/m0/s1. The van der Waals surface area contributed by atoms with E-state index in [0.29, 0.717) is 6.61 Å². The second kappa shape index (κ2) is 19.2. The van der Waals surface area contributed by atoms with Gasteiger partial charge in [0.1, 0.15) is 24.4 Å². The predicted octanol–water partition coefficient (Wildman–Crippen LogP) is 4.91. The first-order valence-corrected chi connectivity index (χ1v) is 12.6. The van der Waals surface area contributed by atoms with Gasteiger partial charge in [-0.2, -0.15) is 0 Å². The minimum absolute atomic E-state index is 0.144. The van der Waals surface area contributed by atoms with E-state index in [1.54, 1.807) is 0 Å². The summed E-state index contributed by atoms with van der Waals surface area (Å²) < 4.78 is 11.0. The van der Waals surface area contributed by atoms with E-state index >= 15 is 0 Å². The van der Waals surface area contributed by atoms with E-state index in [4.69, 9.17) is 14.6 Å². The highest BCUT2D eigenvalue weighted by molar-refractivity contribution is 4.89. The fourth-order valence-electron chi connectivity index (χ4n) is 4.02. The summed E-state index contributed by atoms with van der Waals surface area (Å²) in [6, 6.07) is 0. The molecule has 1 fully saturated rings. The van der Waals surface area contributed by atoms with E-state index in [-0.39, 0.29) is 13.2 Å². The number of aliphatic hydroxyl groups excluding tert-OH is 3. The summed E-state index contributed by atoms with van der Waals surface area (Å²) in [7, 11) is 0. The Labute approximate surface area is 184 Å². The van der Waals surface area contributed by atoms with Crippen molar-refractivity contribution in [3.05, 3.63) is 12.2 Å². The van der Waals surface area contributed by atoms with Gasteiger partial charge in [-0.3, -0.25) is 0 Å². The Hall–Kier alpha value is -0.460. The molecule has 5 heteroatoms. The van der Waals surface area contributed by atoms with Gasteiger partial charge in [0.2, 0.25) is 0 Å². The van der Waals surface area contributed by atoms with Crippen molar-refractivity contribution in [3.63, 3.8) is 0 Å². The first-order valence-electron chi connectivity index (χ1n) is 12.6. The predicted molar refractivity (Wildman–Crippen MR) is 123 cm³/mol. The van der Waals surface area contributed by atoms with Crippen molar-refractivity contribution in [1.82, 2.24) is 0 Å². The molecule has 0 unspecified atom stereocenters.